The summed E-state index contributed by atoms with van der Waals surface area (Å²) in [7, 11) is 0. The summed E-state index contributed by atoms with van der Waals surface area (Å²) in [5.74, 6) is 0.951. The van der Waals surface area contributed by atoms with Crippen molar-refractivity contribution in [3.8, 4) is 0 Å². The Kier molecular flexibility index (Phi) is 2.58. The molecule has 0 aromatic carbocycles. The fraction of sp³-hybridized carbons (Fsp3) is 1.00. The van der Waals surface area contributed by atoms with Crippen LogP contribution in [0.25, 0.3) is 0 Å². The number of nitrogens with one attached hydrogen (secondary N) is 1. The molecule has 0 aromatic heterocycles. The zero-order valence-corrected chi connectivity index (χ0v) is 8.28. The Bertz CT molecular complexity index is 117. The predicted molar refractivity (Wildman–Crippen MR) is 49.6 cm³/mol. The van der Waals surface area contributed by atoms with E-state index >= 15 is 0 Å². The highest BCUT2D eigenvalue weighted by Crippen LogP contribution is 2.41. The highest BCUT2D eigenvalue weighted by molar-refractivity contribution is 4.90. The smallest absolute Gasteiger partial charge is 0.00726 e. The van der Waals surface area contributed by atoms with E-state index in [0.29, 0.717) is 5.41 Å². The first-order valence-corrected chi connectivity index (χ1v) is 4.77. The molecule has 0 heterocycles. The van der Waals surface area contributed by atoms with Gasteiger partial charge in [-0.2, -0.15) is 0 Å². The molecule has 0 saturated heterocycles. The third-order valence-electron chi connectivity index (χ3n) is 2.86. The molecular weight excluding hydrogens is 134 g/mol. The number of hydrogen-bond acceptors (Lipinski definition) is 1. The predicted octanol–water partition coefficient (Wildman–Crippen LogP) is 2.42. The SMILES string of the molecule is CCNC1CC(C(C)(C)C)C1. The molecule has 1 heteroatoms. The van der Waals surface area contributed by atoms with Crippen molar-refractivity contribution in [3.63, 3.8) is 0 Å². The van der Waals surface area contributed by atoms with Crippen molar-refractivity contribution in [2.45, 2.75) is 46.6 Å². The molecular formula is C10H21N. The maximum atomic E-state index is 3.48. The number of hydrogen-bond donors (Lipinski definition) is 1. The first kappa shape index (κ1) is 9.05. The molecule has 0 bridgehead atoms. The number of rotatable bonds is 2. The lowest BCUT2D eigenvalue weighted by atomic mass is 9.66. The molecule has 1 N–H and O–H groups in total. The normalized spacial score (nSPS) is 31.6. The van der Waals surface area contributed by atoms with E-state index in [0.717, 1.165) is 18.5 Å². The van der Waals surface area contributed by atoms with Crippen LogP contribution < -0.4 is 5.32 Å². The standard InChI is InChI=1S/C10H21N/c1-5-11-9-6-8(7-9)10(2,3)4/h8-9,11H,5-7H2,1-4H3. The molecule has 1 aliphatic carbocycles. The molecule has 0 spiro atoms. The molecule has 66 valence electrons. The van der Waals surface area contributed by atoms with E-state index in [1.54, 1.807) is 0 Å². The van der Waals surface area contributed by atoms with Crippen molar-refractivity contribution in [1.82, 2.24) is 5.32 Å². The summed E-state index contributed by atoms with van der Waals surface area (Å²) in [5.41, 5.74) is 0.534. The summed E-state index contributed by atoms with van der Waals surface area (Å²) in [6.45, 7) is 10.4. The van der Waals surface area contributed by atoms with E-state index in [1.807, 2.05) is 0 Å². The van der Waals surface area contributed by atoms with Gasteiger partial charge in [-0.25, -0.2) is 0 Å². The van der Waals surface area contributed by atoms with Gasteiger partial charge in [0.25, 0.3) is 0 Å². The third kappa shape index (κ3) is 2.19. The Balaban J connectivity index is 2.19. The Hall–Kier alpha value is -0.0400. The van der Waals surface area contributed by atoms with E-state index in [1.165, 1.54) is 12.8 Å². The van der Waals surface area contributed by atoms with Crippen molar-refractivity contribution in [1.29, 1.82) is 0 Å². The van der Waals surface area contributed by atoms with Gasteiger partial charge in [0.2, 0.25) is 0 Å². The summed E-state index contributed by atoms with van der Waals surface area (Å²) in [5, 5.41) is 3.48. The highest BCUT2D eigenvalue weighted by atomic mass is 14.9. The zero-order valence-electron chi connectivity index (χ0n) is 8.28. The molecule has 0 amide bonds. The molecule has 1 rings (SSSR count). The van der Waals surface area contributed by atoms with Gasteiger partial charge < -0.3 is 5.32 Å². The van der Waals surface area contributed by atoms with Crippen molar-refractivity contribution in [3.05, 3.63) is 0 Å². The Labute approximate surface area is 70.6 Å². The van der Waals surface area contributed by atoms with Gasteiger partial charge in [0.15, 0.2) is 0 Å². The van der Waals surface area contributed by atoms with Crippen molar-refractivity contribution >= 4 is 0 Å². The molecule has 0 aromatic rings. The van der Waals surface area contributed by atoms with E-state index in [9.17, 15) is 0 Å². The van der Waals surface area contributed by atoms with Gasteiger partial charge in [0.1, 0.15) is 0 Å². The van der Waals surface area contributed by atoms with Crippen LogP contribution in [0.2, 0.25) is 0 Å². The lowest BCUT2D eigenvalue weighted by Crippen LogP contribution is -2.45. The molecule has 0 atom stereocenters. The fourth-order valence-electron chi connectivity index (χ4n) is 1.78. The fourth-order valence-corrected chi connectivity index (χ4v) is 1.78. The first-order valence-electron chi connectivity index (χ1n) is 4.77. The van der Waals surface area contributed by atoms with Crippen LogP contribution in [0, 0.1) is 11.3 Å². The monoisotopic (exact) mass is 155 g/mol. The van der Waals surface area contributed by atoms with Crippen molar-refractivity contribution in [2.24, 2.45) is 11.3 Å². The second kappa shape index (κ2) is 3.14. The van der Waals surface area contributed by atoms with Crippen LogP contribution in [-0.2, 0) is 0 Å². The minimum absolute atomic E-state index is 0.534. The second-order valence-electron chi connectivity index (χ2n) is 4.79. The summed E-state index contributed by atoms with van der Waals surface area (Å²) in [6, 6.07) is 0.823. The maximum absolute atomic E-state index is 3.48. The van der Waals surface area contributed by atoms with E-state index in [-0.39, 0.29) is 0 Å². The minimum atomic E-state index is 0.534. The Morgan fingerprint density at radius 2 is 1.82 bits per heavy atom. The Morgan fingerprint density at radius 1 is 1.27 bits per heavy atom. The molecule has 1 aliphatic rings. The van der Waals surface area contributed by atoms with E-state index in [2.05, 4.69) is 33.0 Å². The lowest BCUT2D eigenvalue weighted by Gasteiger charge is -2.44. The largest absolute Gasteiger partial charge is 0.314 e. The average Bonchev–Trinajstić information content (AvgIpc) is 1.74. The summed E-state index contributed by atoms with van der Waals surface area (Å²) in [4.78, 5) is 0. The summed E-state index contributed by atoms with van der Waals surface area (Å²) in [6.07, 6.45) is 2.77. The van der Waals surface area contributed by atoms with Crippen LogP contribution in [0.5, 0.6) is 0 Å². The van der Waals surface area contributed by atoms with Crippen LogP contribution in [0.3, 0.4) is 0 Å². The van der Waals surface area contributed by atoms with E-state index < -0.39 is 0 Å². The molecule has 1 fully saturated rings. The lowest BCUT2D eigenvalue weighted by molar-refractivity contribution is 0.0998. The van der Waals surface area contributed by atoms with Gasteiger partial charge in [-0.05, 0) is 30.7 Å². The quantitative estimate of drug-likeness (QED) is 0.645. The van der Waals surface area contributed by atoms with Crippen molar-refractivity contribution in [2.75, 3.05) is 6.54 Å². The van der Waals surface area contributed by atoms with Gasteiger partial charge in [0, 0.05) is 6.04 Å². The minimum Gasteiger partial charge on any atom is -0.314 e. The van der Waals surface area contributed by atoms with Gasteiger partial charge in [-0.1, -0.05) is 27.7 Å². The van der Waals surface area contributed by atoms with Gasteiger partial charge in [-0.15, -0.1) is 0 Å². The second-order valence-corrected chi connectivity index (χ2v) is 4.79. The third-order valence-corrected chi connectivity index (χ3v) is 2.86. The zero-order chi connectivity index (χ0) is 8.48. The maximum Gasteiger partial charge on any atom is 0.00726 e. The van der Waals surface area contributed by atoms with Crippen LogP contribution in [0.15, 0.2) is 0 Å². The van der Waals surface area contributed by atoms with Crippen LogP contribution in [-0.4, -0.2) is 12.6 Å². The molecule has 0 radical (unpaired) electrons. The molecule has 11 heavy (non-hydrogen) atoms. The van der Waals surface area contributed by atoms with E-state index in [4.69, 9.17) is 0 Å². The molecule has 1 nitrogen and oxygen atoms in total. The molecule has 1 saturated carbocycles. The average molecular weight is 155 g/mol. The van der Waals surface area contributed by atoms with Gasteiger partial charge in [-0.3, -0.25) is 0 Å². The Morgan fingerprint density at radius 3 is 2.18 bits per heavy atom. The van der Waals surface area contributed by atoms with Crippen LogP contribution in [0.4, 0.5) is 0 Å². The van der Waals surface area contributed by atoms with Gasteiger partial charge in [0.05, 0.1) is 0 Å². The molecule has 0 unspecified atom stereocenters. The summed E-state index contributed by atoms with van der Waals surface area (Å²) >= 11 is 0. The summed E-state index contributed by atoms with van der Waals surface area (Å²) < 4.78 is 0. The van der Waals surface area contributed by atoms with Gasteiger partial charge >= 0.3 is 0 Å². The highest BCUT2D eigenvalue weighted by Gasteiger charge is 2.36. The van der Waals surface area contributed by atoms with Crippen LogP contribution >= 0.6 is 0 Å². The molecule has 0 aliphatic heterocycles. The first-order chi connectivity index (χ1) is 5.04. The van der Waals surface area contributed by atoms with Crippen LogP contribution in [0.1, 0.15) is 40.5 Å². The topological polar surface area (TPSA) is 12.0 Å². The van der Waals surface area contributed by atoms with Crippen molar-refractivity contribution < 1.29 is 0 Å².